The van der Waals surface area contributed by atoms with Crippen LogP contribution in [0, 0.1) is 0 Å². The number of amides is 1. The van der Waals surface area contributed by atoms with E-state index in [4.69, 9.17) is 4.74 Å². The Balaban J connectivity index is 1.52. The molecule has 5 nitrogen and oxygen atoms in total. The molecule has 0 radical (unpaired) electrons. The largest absolute Gasteiger partial charge is 0.422 e. The predicted molar refractivity (Wildman–Crippen MR) is 117 cm³/mol. The van der Waals surface area contributed by atoms with E-state index >= 15 is 0 Å². The molecule has 4 aromatic rings. The Hall–Kier alpha value is -4.25. The van der Waals surface area contributed by atoms with E-state index in [1.165, 1.54) is 6.21 Å². The van der Waals surface area contributed by atoms with Gasteiger partial charge in [-0.25, -0.2) is 10.2 Å². The number of hydrogen-bond donors (Lipinski definition) is 1. The van der Waals surface area contributed by atoms with Gasteiger partial charge in [-0.05, 0) is 41.1 Å². The van der Waals surface area contributed by atoms with Gasteiger partial charge in [0, 0.05) is 11.1 Å². The molecule has 0 fully saturated rings. The third-order valence-corrected chi connectivity index (χ3v) is 4.54. The zero-order valence-corrected chi connectivity index (χ0v) is 16.0. The third-order valence-electron chi connectivity index (χ3n) is 4.54. The molecular formula is C25H18N2O3. The van der Waals surface area contributed by atoms with Crippen LogP contribution in [0.25, 0.3) is 10.8 Å². The number of hydrazone groups is 1. The highest BCUT2D eigenvalue weighted by atomic mass is 16.5. The summed E-state index contributed by atoms with van der Waals surface area (Å²) in [4.78, 5) is 24.9. The molecule has 4 rings (SSSR count). The third kappa shape index (κ3) is 4.25. The van der Waals surface area contributed by atoms with Gasteiger partial charge in [0.05, 0.1) is 11.8 Å². The maximum absolute atomic E-state index is 12.8. The molecule has 1 N–H and O–H groups in total. The maximum Gasteiger partial charge on any atom is 0.344 e. The first-order chi connectivity index (χ1) is 14.7. The Morgan fingerprint density at radius 2 is 1.47 bits per heavy atom. The van der Waals surface area contributed by atoms with Crippen molar-refractivity contribution in [1.29, 1.82) is 0 Å². The van der Waals surface area contributed by atoms with E-state index in [0.717, 1.165) is 10.8 Å². The van der Waals surface area contributed by atoms with Crippen molar-refractivity contribution in [2.24, 2.45) is 5.10 Å². The Morgan fingerprint density at radius 3 is 2.33 bits per heavy atom. The lowest BCUT2D eigenvalue weighted by molar-refractivity contribution is 0.0736. The fourth-order valence-corrected chi connectivity index (χ4v) is 3.05. The molecule has 0 aliphatic heterocycles. The van der Waals surface area contributed by atoms with Gasteiger partial charge in [0.25, 0.3) is 5.91 Å². The van der Waals surface area contributed by atoms with Crippen molar-refractivity contribution in [2.75, 3.05) is 0 Å². The number of nitrogens with zero attached hydrogens (tertiary/aromatic N) is 1. The molecule has 30 heavy (non-hydrogen) atoms. The smallest absolute Gasteiger partial charge is 0.344 e. The lowest BCUT2D eigenvalue weighted by atomic mass is 10.0. The molecule has 0 heterocycles. The van der Waals surface area contributed by atoms with Gasteiger partial charge >= 0.3 is 5.97 Å². The fourth-order valence-electron chi connectivity index (χ4n) is 3.05. The monoisotopic (exact) mass is 394 g/mol. The number of fused-ring (bicyclic) bond motifs is 1. The zero-order valence-electron chi connectivity index (χ0n) is 16.0. The molecule has 0 saturated heterocycles. The Kier molecular flexibility index (Phi) is 5.62. The van der Waals surface area contributed by atoms with Gasteiger partial charge in [-0.1, -0.05) is 66.7 Å². The summed E-state index contributed by atoms with van der Waals surface area (Å²) in [6.45, 7) is 0. The van der Waals surface area contributed by atoms with E-state index in [0.29, 0.717) is 22.4 Å². The van der Waals surface area contributed by atoms with Gasteiger partial charge in [0.15, 0.2) is 0 Å². The average Bonchev–Trinajstić information content (AvgIpc) is 2.80. The minimum Gasteiger partial charge on any atom is -0.422 e. The van der Waals surface area contributed by atoms with Gasteiger partial charge in [-0.3, -0.25) is 4.79 Å². The van der Waals surface area contributed by atoms with Crippen LogP contribution in [0.3, 0.4) is 0 Å². The number of benzene rings is 4. The average molecular weight is 394 g/mol. The first-order valence-corrected chi connectivity index (χ1v) is 9.40. The number of esters is 1. The number of carbonyl (C=O) groups is 2. The van der Waals surface area contributed by atoms with Gasteiger partial charge in [0.1, 0.15) is 5.75 Å². The van der Waals surface area contributed by atoms with Crippen LogP contribution in [0.1, 0.15) is 26.3 Å². The molecule has 0 aromatic heterocycles. The van der Waals surface area contributed by atoms with E-state index in [9.17, 15) is 9.59 Å². The second-order valence-corrected chi connectivity index (χ2v) is 6.52. The minimum absolute atomic E-state index is 0.322. The van der Waals surface area contributed by atoms with Crippen molar-refractivity contribution in [3.05, 3.63) is 114 Å². The molecule has 4 aromatic carbocycles. The molecule has 0 aliphatic carbocycles. The van der Waals surface area contributed by atoms with Gasteiger partial charge in [-0.2, -0.15) is 5.10 Å². The summed E-state index contributed by atoms with van der Waals surface area (Å²) in [6.07, 6.45) is 1.45. The second kappa shape index (κ2) is 8.84. The van der Waals surface area contributed by atoms with Crippen LogP contribution in [-0.4, -0.2) is 18.1 Å². The molecule has 0 aliphatic rings. The van der Waals surface area contributed by atoms with Crippen molar-refractivity contribution in [3.8, 4) is 5.75 Å². The summed E-state index contributed by atoms with van der Waals surface area (Å²) in [5.74, 6) is -0.425. The Labute approximate surface area is 173 Å². The van der Waals surface area contributed by atoms with Crippen LogP contribution in [0.4, 0.5) is 0 Å². The lowest BCUT2D eigenvalue weighted by Gasteiger charge is -2.09. The fraction of sp³-hybridized carbons (Fsp3) is 0. The number of hydrogen-bond acceptors (Lipinski definition) is 4. The van der Waals surface area contributed by atoms with Crippen molar-refractivity contribution in [3.63, 3.8) is 0 Å². The molecular weight excluding hydrogens is 376 g/mol. The first kappa shape index (κ1) is 19.1. The predicted octanol–water partition coefficient (Wildman–Crippen LogP) is 4.82. The second-order valence-electron chi connectivity index (χ2n) is 6.52. The van der Waals surface area contributed by atoms with Crippen molar-refractivity contribution >= 4 is 28.9 Å². The standard InChI is InChI=1S/C25H18N2O3/c28-24(19-10-2-1-3-11-19)27-26-17-20-12-5-7-16-23(20)30-25(29)22-15-8-13-18-9-4-6-14-21(18)22/h1-17H,(H,27,28)/b26-17-. The van der Waals surface area contributed by atoms with Crippen LogP contribution in [0.2, 0.25) is 0 Å². The molecule has 146 valence electrons. The molecule has 0 bridgehead atoms. The minimum atomic E-state index is -0.457. The molecule has 5 heteroatoms. The van der Waals surface area contributed by atoms with Crippen LogP contribution in [0.15, 0.2) is 102 Å². The summed E-state index contributed by atoms with van der Waals surface area (Å²) in [5.41, 5.74) is 4.03. The van der Waals surface area contributed by atoms with Crippen molar-refractivity contribution < 1.29 is 14.3 Å². The highest BCUT2D eigenvalue weighted by Crippen LogP contribution is 2.22. The van der Waals surface area contributed by atoms with Gasteiger partial charge < -0.3 is 4.74 Å². The summed E-state index contributed by atoms with van der Waals surface area (Å²) in [6, 6.07) is 28.9. The Morgan fingerprint density at radius 1 is 0.767 bits per heavy atom. The molecule has 0 unspecified atom stereocenters. The van der Waals surface area contributed by atoms with Gasteiger partial charge in [-0.15, -0.1) is 0 Å². The van der Waals surface area contributed by atoms with E-state index in [-0.39, 0.29) is 5.91 Å². The van der Waals surface area contributed by atoms with E-state index in [2.05, 4.69) is 10.5 Å². The van der Waals surface area contributed by atoms with Crippen LogP contribution >= 0.6 is 0 Å². The van der Waals surface area contributed by atoms with E-state index < -0.39 is 5.97 Å². The molecule has 0 atom stereocenters. The van der Waals surface area contributed by atoms with Crippen LogP contribution < -0.4 is 10.2 Å². The number of nitrogens with one attached hydrogen (secondary N) is 1. The summed E-state index contributed by atoms with van der Waals surface area (Å²) in [7, 11) is 0. The summed E-state index contributed by atoms with van der Waals surface area (Å²) >= 11 is 0. The maximum atomic E-state index is 12.8. The number of para-hydroxylation sites is 1. The number of carbonyl (C=O) groups excluding carboxylic acids is 2. The van der Waals surface area contributed by atoms with Crippen molar-refractivity contribution in [1.82, 2.24) is 5.43 Å². The highest BCUT2D eigenvalue weighted by molar-refractivity contribution is 6.05. The van der Waals surface area contributed by atoms with Crippen LogP contribution in [-0.2, 0) is 0 Å². The lowest BCUT2D eigenvalue weighted by Crippen LogP contribution is -2.17. The Bertz CT molecular complexity index is 1230. The normalized spacial score (nSPS) is 10.8. The molecule has 1 amide bonds. The molecule has 0 saturated carbocycles. The molecule has 0 spiro atoms. The van der Waals surface area contributed by atoms with Crippen molar-refractivity contribution in [2.45, 2.75) is 0 Å². The summed E-state index contributed by atoms with van der Waals surface area (Å²) < 4.78 is 5.64. The quantitative estimate of drug-likeness (QED) is 0.228. The van der Waals surface area contributed by atoms with E-state index in [1.807, 2.05) is 42.5 Å². The number of rotatable bonds is 5. The summed E-state index contributed by atoms with van der Waals surface area (Å²) in [5, 5.41) is 5.78. The topological polar surface area (TPSA) is 67.8 Å². The first-order valence-electron chi connectivity index (χ1n) is 9.40. The zero-order chi connectivity index (χ0) is 20.8. The number of ether oxygens (including phenoxy) is 1. The van der Waals surface area contributed by atoms with E-state index in [1.54, 1.807) is 54.6 Å². The van der Waals surface area contributed by atoms with Gasteiger partial charge in [0.2, 0.25) is 0 Å². The highest BCUT2D eigenvalue weighted by Gasteiger charge is 2.14. The van der Waals surface area contributed by atoms with Crippen LogP contribution in [0.5, 0.6) is 5.75 Å². The SMILES string of the molecule is O=C(N/N=C\c1ccccc1OC(=O)c1cccc2ccccc12)c1ccccc1.